The Balaban J connectivity index is 1.92. The van der Waals surface area contributed by atoms with Crippen LogP contribution in [0, 0.1) is 11.8 Å². The third-order valence-corrected chi connectivity index (χ3v) is 5.33. The molecule has 0 amide bonds. The fourth-order valence-corrected chi connectivity index (χ4v) is 3.50. The number of rotatable bonds is 10. The van der Waals surface area contributed by atoms with Crippen LogP contribution in [0.25, 0.3) is 21.5 Å². The summed E-state index contributed by atoms with van der Waals surface area (Å²) in [5, 5.41) is 3.58. The molecule has 0 saturated carbocycles. The molecule has 0 radical (unpaired) electrons. The summed E-state index contributed by atoms with van der Waals surface area (Å²) in [4.78, 5) is 23.9. The molecule has 0 heterocycles. The number of benzene rings is 3. The van der Waals surface area contributed by atoms with Crippen molar-refractivity contribution in [1.82, 2.24) is 0 Å². The van der Waals surface area contributed by atoms with Gasteiger partial charge in [-0.15, -0.1) is 0 Å². The lowest BCUT2D eigenvalue weighted by molar-refractivity contribution is -0.154. The lowest BCUT2D eigenvalue weighted by Crippen LogP contribution is -2.25. The van der Waals surface area contributed by atoms with E-state index in [4.69, 9.17) is 18.9 Å². The van der Waals surface area contributed by atoms with Crippen LogP contribution in [-0.4, -0.2) is 37.4 Å². The van der Waals surface area contributed by atoms with Crippen LogP contribution in [-0.2, 0) is 19.1 Å². The van der Waals surface area contributed by atoms with E-state index in [-0.39, 0.29) is 49.2 Å². The van der Waals surface area contributed by atoms with Crippen molar-refractivity contribution in [3.05, 3.63) is 48.5 Å². The van der Waals surface area contributed by atoms with Crippen molar-refractivity contribution in [2.75, 3.05) is 13.2 Å². The maximum Gasteiger partial charge on any atom is 0.308 e. The molecule has 0 aliphatic rings. The third-order valence-electron chi connectivity index (χ3n) is 5.33. The van der Waals surface area contributed by atoms with Crippen molar-refractivity contribution >= 4 is 33.5 Å². The Bertz CT molecular complexity index is 1000. The smallest absolute Gasteiger partial charge is 0.308 e. The highest BCUT2D eigenvalue weighted by molar-refractivity contribution is 6.11. The summed E-state index contributed by atoms with van der Waals surface area (Å²) in [5.41, 5.74) is 0. The molecule has 0 aromatic heterocycles. The largest absolute Gasteiger partial charge is 0.488 e. The van der Waals surface area contributed by atoms with E-state index in [0.29, 0.717) is 11.5 Å². The van der Waals surface area contributed by atoms with Gasteiger partial charge in [-0.25, -0.2) is 0 Å². The number of hydrogen-bond acceptors (Lipinski definition) is 6. The van der Waals surface area contributed by atoms with Crippen LogP contribution < -0.4 is 9.47 Å². The molecule has 34 heavy (non-hydrogen) atoms. The predicted octanol–water partition coefficient (Wildman–Crippen LogP) is 5.93. The van der Waals surface area contributed by atoms with E-state index in [1.165, 1.54) is 0 Å². The number of carbonyl (C=O) groups excluding carboxylic acids is 2. The van der Waals surface area contributed by atoms with E-state index < -0.39 is 0 Å². The van der Waals surface area contributed by atoms with Gasteiger partial charge in [-0.3, -0.25) is 9.59 Å². The number of carbonyl (C=O) groups is 2. The SMILES string of the molecule is CC(COc1c2ccccc2c(OCC(C)OC(=O)C(C)C)c2ccccc12)OC(=O)C(C)C. The lowest BCUT2D eigenvalue weighted by Gasteiger charge is -2.21. The molecule has 0 bridgehead atoms. The maximum absolute atomic E-state index is 11.9. The van der Waals surface area contributed by atoms with Crippen LogP contribution in [0.15, 0.2) is 48.5 Å². The molecule has 6 nitrogen and oxygen atoms in total. The van der Waals surface area contributed by atoms with Crippen LogP contribution in [0.3, 0.4) is 0 Å². The van der Waals surface area contributed by atoms with Crippen molar-refractivity contribution in [1.29, 1.82) is 0 Å². The van der Waals surface area contributed by atoms with Gasteiger partial charge in [0.15, 0.2) is 0 Å². The van der Waals surface area contributed by atoms with Gasteiger partial charge in [0.1, 0.15) is 36.9 Å². The minimum atomic E-state index is -0.389. The molecule has 3 rings (SSSR count). The summed E-state index contributed by atoms with van der Waals surface area (Å²) in [5.74, 6) is 0.546. The molecule has 6 heteroatoms. The van der Waals surface area contributed by atoms with E-state index >= 15 is 0 Å². The second kappa shape index (κ2) is 11.2. The number of ether oxygens (including phenoxy) is 4. The van der Waals surface area contributed by atoms with Crippen LogP contribution >= 0.6 is 0 Å². The Morgan fingerprint density at radius 2 is 0.882 bits per heavy atom. The first-order valence-corrected chi connectivity index (χ1v) is 11.8. The van der Waals surface area contributed by atoms with Crippen molar-refractivity contribution in [2.24, 2.45) is 11.8 Å². The highest BCUT2D eigenvalue weighted by Gasteiger charge is 2.20. The maximum atomic E-state index is 11.9. The van der Waals surface area contributed by atoms with Crippen molar-refractivity contribution < 1.29 is 28.5 Å². The van der Waals surface area contributed by atoms with Crippen molar-refractivity contribution in [2.45, 2.75) is 53.8 Å². The van der Waals surface area contributed by atoms with Crippen LogP contribution in [0.2, 0.25) is 0 Å². The van der Waals surface area contributed by atoms with E-state index in [2.05, 4.69) is 0 Å². The molecule has 0 N–H and O–H groups in total. The van der Waals surface area contributed by atoms with Gasteiger partial charge in [-0.05, 0) is 13.8 Å². The highest BCUT2D eigenvalue weighted by atomic mass is 16.6. The Morgan fingerprint density at radius 3 is 1.15 bits per heavy atom. The van der Waals surface area contributed by atoms with Crippen LogP contribution in [0.1, 0.15) is 41.5 Å². The zero-order valence-corrected chi connectivity index (χ0v) is 20.8. The summed E-state index contributed by atoms with van der Waals surface area (Å²) in [7, 11) is 0. The van der Waals surface area contributed by atoms with Gasteiger partial charge in [0.2, 0.25) is 0 Å². The van der Waals surface area contributed by atoms with E-state index in [0.717, 1.165) is 21.5 Å². The molecule has 2 unspecified atom stereocenters. The predicted molar refractivity (Wildman–Crippen MR) is 133 cm³/mol. The summed E-state index contributed by atoms with van der Waals surface area (Å²) in [6, 6.07) is 15.7. The molecule has 0 saturated heterocycles. The van der Waals surface area contributed by atoms with Gasteiger partial charge in [-0.1, -0.05) is 76.2 Å². The zero-order valence-electron chi connectivity index (χ0n) is 20.8. The normalized spacial score (nSPS) is 13.2. The summed E-state index contributed by atoms with van der Waals surface area (Å²) < 4.78 is 23.4. The average molecular weight is 467 g/mol. The molecule has 0 fully saturated rings. The summed E-state index contributed by atoms with van der Waals surface area (Å²) >= 11 is 0. The highest BCUT2D eigenvalue weighted by Crippen LogP contribution is 2.42. The molecular formula is C28H34O6. The van der Waals surface area contributed by atoms with Gasteiger partial charge in [0.05, 0.1) is 11.8 Å². The van der Waals surface area contributed by atoms with Gasteiger partial charge < -0.3 is 18.9 Å². The average Bonchev–Trinajstić information content (AvgIpc) is 2.80. The minimum Gasteiger partial charge on any atom is -0.488 e. The summed E-state index contributed by atoms with van der Waals surface area (Å²) in [6.07, 6.45) is -0.778. The van der Waals surface area contributed by atoms with Crippen LogP contribution in [0.4, 0.5) is 0 Å². The van der Waals surface area contributed by atoms with Gasteiger partial charge >= 0.3 is 11.9 Å². The fraction of sp³-hybridized carbons (Fsp3) is 0.429. The fourth-order valence-electron chi connectivity index (χ4n) is 3.50. The van der Waals surface area contributed by atoms with E-state index in [1.807, 2.05) is 62.4 Å². The second-order valence-electron chi connectivity index (χ2n) is 9.18. The van der Waals surface area contributed by atoms with E-state index in [9.17, 15) is 9.59 Å². The molecule has 2 atom stereocenters. The molecule has 3 aromatic rings. The van der Waals surface area contributed by atoms with Gasteiger partial charge in [0, 0.05) is 21.5 Å². The standard InChI is InChI=1S/C28H34O6/c1-17(2)27(29)33-19(5)15-31-25-21-11-7-9-13-23(21)26(24-14-10-8-12-22(24)25)32-16-20(6)34-28(30)18(3)4/h7-14,17-20H,15-16H2,1-6H3. The van der Waals surface area contributed by atoms with Gasteiger partial charge in [-0.2, -0.15) is 0 Å². The molecule has 0 aliphatic carbocycles. The number of esters is 2. The third kappa shape index (κ3) is 5.99. The number of hydrogen-bond donors (Lipinski definition) is 0. The first kappa shape index (κ1) is 25.3. The quantitative estimate of drug-likeness (QED) is 0.273. The van der Waals surface area contributed by atoms with E-state index in [1.54, 1.807) is 27.7 Å². The first-order chi connectivity index (χ1) is 16.2. The van der Waals surface area contributed by atoms with Crippen molar-refractivity contribution in [3.63, 3.8) is 0 Å². The number of fused-ring (bicyclic) bond motifs is 2. The Kier molecular flexibility index (Phi) is 8.37. The molecule has 0 spiro atoms. The molecule has 182 valence electrons. The van der Waals surface area contributed by atoms with Crippen molar-refractivity contribution in [3.8, 4) is 11.5 Å². The molecule has 3 aromatic carbocycles. The Hall–Kier alpha value is -3.28. The lowest BCUT2D eigenvalue weighted by atomic mass is 10.0. The van der Waals surface area contributed by atoms with Crippen LogP contribution in [0.5, 0.6) is 11.5 Å². The Labute approximate surface area is 201 Å². The minimum absolute atomic E-state index is 0.192. The summed E-state index contributed by atoms with van der Waals surface area (Å²) in [6.45, 7) is 11.3. The molecular weight excluding hydrogens is 432 g/mol. The second-order valence-corrected chi connectivity index (χ2v) is 9.18. The topological polar surface area (TPSA) is 71.1 Å². The monoisotopic (exact) mass is 466 g/mol. The zero-order chi connectivity index (χ0) is 24.8. The molecule has 0 aliphatic heterocycles. The Morgan fingerprint density at radius 1 is 0.588 bits per heavy atom. The van der Waals surface area contributed by atoms with Gasteiger partial charge in [0.25, 0.3) is 0 Å². The first-order valence-electron chi connectivity index (χ1n) is 11.8.